The monoisotopic (exact) mass is 102 g/mol. The summed E-state index contributed by atoms with van der Waals surface area (Å²) in [7, 11) is 0. The molecule has 42 valence electrons. The predicted octanol–water partition coefficient (Wildman–Crippen LogP) is 2.08. The normalized spacial score (nSPS) is 12.0. The maximum Gasteiger partial charge on any atom is 0.0945 e. The summed E-state index contributed by atoms with van der Waals surface area (Å²) < 4.78 is 11.7. The zero-order valence-corrected chi connectivity index (χ0v) is 4.87. The Balaban J connectivity index is 3.36. The zero-order valence-electron chi connectivity index (χ0n) is 4.87. The first-order chi connectivity index (χ1) is 3.12. The third kappa shape index (κ3) is 2.60. The van der Waals surface area contributed by atoms with Crippen LogP contribution in [0.15, 0.2) is 0 Å². The lowest BCUT2D eigenvalue weighted by Crippen LogP contribution is -2.11. The van der Waals surface area contributed by atoms with Gasteiger partial charge in [-0.15, -0.1) is 0 Å². The summed E-state index contributed by atoms with van der Waals surface area (Å²) in [6.45, 7) is 8.44. The van der Waals surface area contributed by atoms with Gasteiger partial charge in [0.1, 0.15) is 0 Å². The molecular weight excluding hydrogens is 91.1 g/mol. The van der Waals surface area contributed by atoms with Crippen LogP contribution in [0.1, 0.15) is 20.3 Å². The Morgan fingerprint density at radius 1 is 1.57 bits per heavy atom. The molecule has 7 heavy (non-hydrogen) atoms. The van der Waals surface area contributed by atoms with E-state index in [-0.39, 0.29) is 12.1 Å². The molecule has 0 N–H and O–H groups in total. The predicted molar refractivity (Wildman–Crippen MR) is 28.7 cm³/mol. The number of hydrogen-bond donors (Lipinski definition) is 0. The molecular formula is C6H11F. The first-order valence-corrected chi connectivity index (χ1v) is 2.38. The van der Waals surface area contributed by atoms with Gasteiger partial charge in [-0.1, -0.05) is 13.8 Å². The highest BCUT2D eigenvalue weighted by atomic mass is 19.1. The zero-order chi connectivity index (χ0) is 5.91. The molecule has 2 radical (unpaired) electrons. The van der Waals surface area contributed by atoms with E-state index in [9.17, 15) is 4.39 Å². The second kappa shape index (κ2) is 2.29. The molecule has 0 amide bonds. The van der Waals surface area contributed by atoms with E-state index in [1.807, 2.05) is 0 Å². The molecule has 0 bridgehead atoms. The molecule has 1 heteroatoms. The summed E-state index contributed by atoms with van der Waals surface area (Å²) in [4.78, 5) is 0. The van der Waals surface area contributed by atoms with Gasteiger partial charge in [0.25, 0.3) is 0 Å². The highest BCUT2D eigenvalue weighted by Crippen LogP contribution is 2.18. The number of halogens is 1. The third-order valence-corrected chi connectivity index (χ3v) is 0.914. The van der Waals surface area contributed by atoms with Gasteiger partial charge in [0.2, 0.25) is 0 Å². The van der Waals surface area contributed by atoms with Crippen LogP contribution in [-0.2, 0) is 0 Å². The Hall–Kier alpha value is -0.0700. The van der Waals surface area contributed by atoms with Gasteiger partial charge in [0.05, 0.1) is 6.67 Å². The van der Waals surface area contributed by atoms with Crippen molar-refractivity contribution in [3.05, 3.63) is 6.92 Å². The fourth-order valence-corrected chi connectivity index (χ4v) is 0.0546. The van der Waals surface area contributed by atoms with Crippen LogP contribution >= 0.6 is 0 Å². The lowest BCUT2D eigenvalue weighted by atomic mass is 9.93. The van der Waals surface area contributed by atoms with Crippen LogP contribution in [0.2, 0.25) is 0 Å². The van der Waals surface area contributed by atoms with Crippen LogP contribution in [0, 0.1) is 12.3 Å². The number of hydrogen-bond acceptors (Lipinski definition) is 0. The average Bonchev–Trinajstić information content (AvgIpc) is 1.68. The molecule has 0 unspecified atom stereocenters. The highest BCUT2D eigenvalue weighted by molar-refractivity contribution is 4.66. The first-order valence-electron chi connectivity index (χ1n) is 2.38. The van der Waals surface area contributed by atoms with E-state index in [1.54, 1.807) is 13.8 Å². The van der Waals surface area contributed by atoms with Crippen molar-refractivity contribution in [2.24, 2.45) is 5.41 Å². The molecule has 0 saturated heterocycles. The molecule has 0 saturated carbocycles. The molecule has 0 nitrogen and oxygen atoms in total. The van der Waals surface area contributed by atoms with E-state index in [2.05, 4.69) is 0 Å². The minimum Gasteiger partial charge on any atom is -0.251 e. The van der Waals surface area contributed by atoms with Crippen LogP contribution in [-0.4, -0.2) is 6.67 Å². The molecule has 0 aliphatic rings. The Kier molecular flexibility index (Phi) is 2.27. The van der Waals surface area contributed by atoms with Crippen LogP contribution in [0.5, 0.6) is 0 Å². The second-order valence-corrected chi connectivity index (χ2v) is 2.50. The fourth-order valence-electron chi connectivity index (χ4n) is 0.0546. The minimum atomic E-state index is -0.330. The van der Waals surface area contributed by atoms with Crippen molar-refractivity contribution in [3.63, 3.8) is 0 Å². The topological polar surface area (TPSA) is 0 Å². The quantitative estimate of drug-likeness (QED) is 0.500. The molecule has 0 aliphatic heterocycles. The summed E-state index contributed by atoms with van der Waals surface area (Å²) in [5.74, 6) is 0. The molecule has 0 rings (SSSR count). The van der Waals surface area contributed by atoms with Crippen molar-refractivity contribution in [3.8, 4) is 0 Å². The SMILES string of the molecule is [CH]CC(C)(C)CF. The van der Waals surface area contributed by atoms with E-state index in [0.717, 1.165) is 0 Å². The molecule has 0 aromatic rings. The van der Waals surface area contributed by atoms with Crippen LogP contribution in [0.4, 0.5) is 4.39 Å². The van der Waals surface area contributed by atoms with Gasteiger partial charge in [0.15, 0.2) is 0 Å². The number of rotatable bonds is 2. The summed E-state index contributed by atoms with van der Waals surface area (Å²) in [6.07, 6.45) is 0.420. The summed E-state index contributed by atoms with van der Waals surface area (Å²) >= 11 is 0. The average molecular weight is 102 g/mol. The van der Waals surface area contributed by atoms with Crippen molar-refractivity contribution in [2.75, 3.05) is 6.67 Å². The van der Waals surface area contributed by atoms with Crippen molar-refractivity contribution < 1.29 is 4.39 Å². The van der Waals surface area contributed by atoms with E-state index in [0.29, 0.717) is 6.42 Å². The van der Waals surface area contributed by atoms with Crippen LogP contribution in [0.25, 0.3) is 0 Å². The summed E-state index contributed by atoms with van der Waals surface area (Å²) in [5.41, 5.74) is -0.306. The lowest BCUT2D eigenvalue weighted by Gasteiger charge is -2.15. The van der Waals surface area contributed by atoms with E-state index < -0.39 is 0 Å². The summed E-state index contributed by atoms with van der Waals surface area (Å²) in [6, 6.07) is 0. The summed E-state index contributed by atoms with van der Waals surface area (Å²) in [5, 5.41) is 0. The molecule has 0 aliphatic carbocycles. The van der Waals surface area contributed by atoms with Crippen LogP contribution < -0.4 is 0 Å². The molecule has 0 aromatic heterocycles. The minimum absolute atomic E-state index is 0.306. The smallest absolute Gasteiger partial charge is 0.0945 e. The van der Waals surface area contributed by atoms with Gasteiger partial charge in [-0.2, -0.15) is 0 Å². The van der Waals surface area contributed by atoms with Gasteiger partial charge in [0, 0.05) is 0 Å². The largest absolute Gasteiger partial charge is 0.251 e. The molecule has 0 spiro atoms. The Morgan fingerprint density at radius 3 is 2.00 bits per heavy atom. The van der Waals surface area contributed by atoms with E-state index >= 15 is 0 Å². The Labute approximate surface area is 44.7 Å². The van der Waals surface area contributed by atoms with Gasteiger partial charge in [-0.05, 0) is 18.8 Å². The Morgan fingerprint density at radius 2 is 2.00 bits per heavy atom. The number of alkyl halides is 1. The molecule has 0 heterocycles. The van der Waals surface area contributed by atoms with Gasteiger partial charge < -0.3 is 0 Å². The Bertz CT molecular complexity index is 42.1. The van der Waals surface area contributed by atoms with E-state index in [4.69, 9.17) is 6.92 Å². The highest BCUT2D eigenvalue weighted by Gasteiger charge is 2.12. The molecule has 0 atom stereocenters. The maximum absolute atomic E-state index is 11.7. The molecule has 0 aromatic carbocycles. The first kappa shape index (κ1) is 6.93. The van der Waals surface area contributed by atoms with Gasteiger partial charge in [-0.25, -0.2) is 0 Å². The van der Waals surface area contributed by atoms with Crippen molar-refractivity contribution in [1.29, 1.82) is 0 Å². The van der Waals surface area contributed by atoms with Crippen molar-refractivity contribution in [1.82, 2.24) is 0 Å². The van der Waals surface area contributed by atoms with Gasteiger partial charge in [-0.3, -0.25) is 4.39 Å². The molecule has 0 fully saturated rings. The van der Waals surface area contributed by atoms with Crippen molar-refractivity contribution in [2.45, 2.75) is 20.3 Å². The standard InChI is InChI=1S/C6H11F/c1-4-6(2,3)5-7/h1H,4-5H2,2-3H3. The van der Waals surface area contributed by atoms with Crippen molar-refractivity contribution >= 4 is 0 Å². The van der Waals surface area contributed by atoms with E-state index in [1.165, 1.54) is 0 Å². The van der Waals surface area contributed by atoms with Crippen LogP contribution in [0.3, 0.4) is 0 Å². The fraction of sp³-hybridized carbons (Fsp3) is 0.833. The van der Waals surface area contributed by atoms with Gasteiger partial charge >= 0.3 is 0 Å². The lowest BCUT2D eigenvalue weighted by molar-refractivity contribution is 0.260. The second-order valence-electron chi connectivity index (χ2n) is 2.50. The maximum atomic E-state index is 11.7. The third-order valence-electron chi connectivity index (χ3n) is 0.914.